The van der Waals surface area contributed by atoms with Crippen molar-refractivity contribution in [2.45, 2.75) is 17.6 Å². The van der Waals surface area contributed by atoms with E-state index in [4.69, 9.17) is 11.0 Å². The smallest absolute Gasteiger partial charge is 0.307 e. The number of nitrogens with two attached hydrogens (primary N) is 1. The van der Waals surface area contributed by atoms with Crippen LogP contribution in [0, 0.1) is 11.3 Å². The van der Waals surface area contributed by atoms with Gasteiger partial charge in [0, 0.05) is 12.2 Å². The molecule has 0 aromatic carbocycles. The number of thiophene rings is 1. The van der Waals surface area contributed by atoms with Crippen molar-refractivity contribution < 1.29 is 22.7 Å². The summed E-state index contributed by atoms with van der Waals surface area (Å²) in [6.07, 6.45) is -0.245. The zero-order valence-electron chi connectivity index (χ0n) is 12.2. The third-order valence-corrected chi connectivity index (χ3v) is 5.39. The quantitative estimate of drug-likeness (QED) is 0.387. The van der Waals surface area contributed by atoms with Crippen molar-refractivity contribution in [3.63, 3.8) is 0 Å². The van der Waals surface area contributed by atoms with Crippen LogP contribution in [-0.4, -0.2) is 33.3 Å². The van der Waals surface area contributed by atoms with Gasteiger partial charge in [0.2, 0.25) is 15.8 Å². The summed E-state index contributed by atoms with van der Waals surface area (Å²) >= 11 is 1.05. The molecule has 0 spiro atoms. The Labute approximate surface area is 137 Å². The summed E-state index contributed by atoms with van der Waals surface area (Å²) < 4.78 is 30.6. The van der Waals surface area contributed by atoms with Crippen LogP contribution in [0.25, 0.3) is 0 Å². The molecular weight excluding hydrogens is 342 g/mol. The standard InChI is InChI=1S/C13H15N3O5S2/c1-9(15)10(7-14)11(17)8-21-12(18)4-5-16-23(19,20)13-3-2-6-22-13/h2-3,6,16H,4-5,8,15H2,1H3/b10-9-. The second kappa shape index (κ2) is 8.42. The number of carbonyl (C=O) groups is 2. The number of nitrogens with one attached hydrogen (secondary N) is 1. The second-order valence-electron chi connectivity index (χ2n) is 4.33. The molecule has 1 heterocycles. The Bertz CT molecular complexity index is 741. The first-order valence-electron chi connectivity index (χ1n) is 6.36. The van der Waals surface area contributed by atoms with E-state index >= 15 is 0 Å². The minimum Gasteiger partial charge on any atom is -0.457 e. The van der Waals surface area contributed by atoms with Crippen LogP contribution in [0.5, 0.6) is 0 Å². The van der Waals surface area contributed by atoms with E-state index in [-0.39, 0.29) is 28.4 Å². The van der Waals surface area contributed by atoms with Gasteiger partial charge < -0.3 is 10.5 Å². The van der Waals surface area contributed by atoms with Crippen LogP contribution in [0.1, 0.15) is 13.3 Å². The van der Waals surface area contributed by atoms with Gasteiger partial charge in [-0.2, -0.15) is 5.26 Å². The maximum atomic E-state index is 11.8. The summed E-state index contributed by atoms with van der Waals surface area (Å²) in [6.45, 7) is 0.607. The van der Waals surface area contributed by atoms with Crippen molar-refractivity contribution in [1.29, 1.82) is 5.26 Å². The van der Waals surface area contributed by atoms with Crippen LogP contribution in [0.15, 0.2) is 33.0 Å². The van der Waals surface area contributed by atoms with Gasteiger partial charge in [0.05, 0.1) is 6.42 Å². The Morgan fingerprint density at radius 3 is 2.70 bits per heavy atom. The normalized spacial score (nSPS) is 12.2. The molecule has 124 valence electrons. The maximum Gasteiger partial charge on any atom is 0.307 e. The first-order chi connectivity index (χ1) is 10.8. The van der Waals surface area contributed by atoms with E-state index in [9.17, 15) is 18.0 Å². The molecule has 0 bridgehead atoms. The Balaban J connectivity index is 2.40. The minimum absolute atomic E-state index is 0.0391. The van der Waals surface area contributed by atoms with E-state index in [0.717, 1.165) is 11.3 Å². The molecule has 3 N–H and O–H groups in total. The van der Waals surface area contributed by atoms with Crippen molar-refractivity contribution in [3.05, 3.63) is 28.8 Å². The number of ether oxygens (including phenoxy) is 1. The summed E-state index contributed by atoms with van der Waals surface area (Å²) in [5.41, 5.74) is 5.12. The van der Waals surface area contributed by atoms with Crippen LogP contribution >= 0.6 is 11.3 Å². The number of Topliss-reactive ketones (excluding diaryl/α,β-unsaturated/α-hetero) is 1. The van der Waals surface area contributed by atoms with Gasteiger partial charge in [-0.3, -0.25) is 9.59 Å². The minimum atomic E-state index is -3.65. The molecule has 10 heteroatoms. The molecule has 0 atom stereocenters. The van der Waals surface area contributed by atoms with Crippen LogP contribution < -0.4 is 10.5 Å². The molecule has 1 aromatic rings. The van der Waals surface area contributed by atoms with Crippen LogP contribution in [0.2, 0.25) is 0 Å². The largest absolute Gasteiger partial charge is 0.457 e. The fraction of sp³-hybridized carbons (Fsp3) is 0.308. The molecule has 0 amide bonds. The molecule has 0 saturated heterocycles. The molecule has 0 fully saturated rings. The number of hydrogen-bond donors (Lipinski definition) is 2. The lowest BCUT2D eigenvalue weighted by Crippen LogP contribution is -2.27. The van der Waals surface area contributed by atoms with Crippen LogP contribution in [0.3, 0.4) is 0 Å². The van der Waals surface area contributed by atoms with Gasteiger partial charge in [-0.05, 0) is 18.4 Å². The Kier molecular flexibility index (Phi) is 6.89. The third-order valence-electron chi connectivity index (χ3n) is 2.53. The van der Waals surface area contributed by atoms with Gasteiger partial charge in [-0.25, -0.2) is 13.1 Å². The summed E-state index contributed by atoms with van der Waals surface area (Å²) in [6, 6.07) is 4.66. The number of allylic oxidation sites excluding steroid dienone is 1. The Morgan fingerprint density at radius 2 is 2.17 bits per heavy atom. The first-order valence-corrected chi connectivity index (χ1v) is 8.72. The number of esters is 1. The van der Waals surface area contributed by atoms with E-state index in [1.165, 1.54) is 13.0 Å². The number of nitrogens with zero attached hydrogens (tertiary/aromatic N) is 1. The van der Waals surface area contributed by atoms with Crippen molar-refractivity contribution in [2.75, 3.05) is 13.2 Å². The maximum absolute atomic E-state index is 11.8. The van der Waals surface area contributed by atoms with Gasteiger partial charge >= 0.3 is 5.97 Å². The van der Waals surface area contributed by atoms with E-state index in [1.807, 2.05) is 0 Å². The molecule has 0 radical (unpaired) electrons. The number of rotatable bonds is 8. The summed E-state index contributed by atoms with van der Waals surface area (Å²) in [5, 5.41) is 10.3. The number of nitriles is 1. The van der Waals surface area contributed by atoms with E-state index in [1.54, 1.807) is 17.5 Å². The lowest BCUT2D eigenvalue weighted by molar-refractivity contribution is -0.146. The topological polar surface area (TPSA) is 139 Å². The summed E-state index contributed by atoms with van der Waals surface area (Å²) in [4.78, 5) is 23.0. The molecule has 1 rings (SSSR count). The predicted octanol–water partition coefficient (Wildman–Crippen LogP) is 0.285. The number of sulfonamides is 1. The highest BCUT2D eigenvalue weighted by atomic mass is 32.2. The van der Waals surface area contributed by atoms with Crippen LogP contribution in [0.4, 0.5) is 0 Å². The zero-order chi connectivity index (χ0) is 17.5. The third kappa shape index (κ3) is 5.82. The fourth-order valence-electron chi connectivity index (χ4n) is 1.44. The lowest BCUT2D eigenvalue weighted by Gasteiger charge is -2.06. The zero-order valence-corrected chi connectivity index (χ0v) is 13.9. The highest BCUT2D eigenvalue weighted by Gasteiger charge is 2.17. The molecular formula is C13H15N3O5S2. The summed E-state index contributed by atoms with van der Waals surface area (Å²) in [7, 11) is -3.65. The molecule has 8 nitrogen and oxygen atoms in total. The number of ketones is 1. The van der Waals surface area contributed by atoms with E-state index in [0.29, 0.717) is 0 Å². The molecule has 0 aliphatic carbocycles. The average Bonchev–Trinajstić information content (AvgIpc) is 3.00. The predicted molar refractivity (Wildman–Crippen MR) is 82.6 cm³/mol. The SMILES string of the molecule is C/C(N)=C(\C#N)C(=O)COC(=O)CCNS(=O)(=O)c1cccs1. The summed E-state index contributed by atoms with van der Waals surface area (Å²) in [5.74, 6) is -1.47. The molecule has 23 heavy (non-hydrogen) atoms. The molecule has 0 saturated carbocycles. The molecule has 0 aliphatic heterocycles. The average molecular weight is 357 g/mol. The monoisotopic (exact) mass is 357 g/mol. The number of carbonyl (C=O) groups excluding carboxylic acids is 2. The Morgan fingerprint density at radius 1 is 1.48 bits per heavy atom. The van der Waals surface area contributed by atoms with Gasteiger partial charge in [-0.15, -0.1) is 11.3 Å². The van der Waals surface area contributed by atoms with Crippen molar-refractivity contribution in [2.24, 2.45) is 5.73 Å². The highest BCUT2D eigenvalue weighted by Crippen LogP contribution is 2.15. The van der Waals surface area contributed by atoms with Crippen molar-refractivity contribution in [1.82, 2.24) is 4.72 Å². The molecule has 0 unspecified atom stereocenters. The fourth-order valence-corrected chi connectivity index (χ4v) is 3.51. The van der Waals surface area contributed by atoms with Gasteiger partial charge in [0.15, 0.2) is 6.61 Å². The Hall–Kier alpha value is -2.22. The number of hydrogen-bond acceptors (Lipinski definition) is 8. The first kappa shape index (κ1) is 18.8. The van der Waals surface area contributed by atoms with Crippen molar-refractivity contribution in [3.8, 4) is 6.07 Å². The van der Waals surface area contributed by atoms with Crippen molar-refractivity contribution >= 4 is 33.1 Å². The lowest BCUT2D eigenvalue weighted by atomic mass is 10.1. The van der Waals surface area contributed by atoms with E-state index < -0.39 is 28.4 Å². The van der Waals surface area contributed by atoms with Gasteiger partial charge in [-0.1, -0.05) is 6.07 Å². The second-order valence-corrected chi connectivity index (χ2v) is 7.28. The van der Waals surface area contributed by atoms with E-state index in [2.05, 4.69) is 9.46 Å². The van der Waals surface area contributed by atoms with Crippen LogP contribution in [-0.2, 0) is 24.3 Å². The highest BCUT2D eigenvalue weighted by molar-refractivity contribution is 7.91. The molecule has 1 aromatic heterocycles. The molecule has 0 aliphatic rings. The van der Waals surface area contributed by atoms with Gasteiger partial charge in [0.1, 0.15) is 15.9 Å². The van der Waals surface area contributed by atoms with Gasteiger partial charge in [0.25, 0.3) is 0 Å².